The summed E-state index contributed by atoms with van der Waals surface area (Å²) >= 11 is 0. The van der Waals surface area contributed by atoms with Crippen LogP contribution in [-0.4, -0.2) is 4.98 Å². The number of hydrogen-bond acceptors (Lipinski definition) is 2. The van der Waals surface area contributed by atoms with Crippen LogP contribution in [0.4, 0.5) is 17.1 Å². The molecule has 8 rings (SSSR count). The first kappa shape index (κ1) is 30.6. The molecular weight excluding hydrogens is 593 g/mol. The number of hydrogen-bond donors (Lipinski definition) is 0. The van der Waals surface area contributed by atoms with Crippen LogP contribution < -0.4 is 4.90 Å². The van der Waals surface area contributed by atoms with Crippen molar-refractivity contribution in [1.29, 1.82) is 0 Å². The van der Waals surface area contributed by atoms with Gasteiger partial charge in [0.05, 0.1) is 11.4 Å². The lowest BCUT2D eigenvalue weighted by Crippen LogP contribution is -2.30. The van der Waals surface area contributed by atoms with E-state index in [0.29, 0.717) is 0 Å². The van der Waals surface area contributed by atoms with E-state index in [1.807, 2.05) is 0 Å². The lowest BCUT2D eigenvalue weighted by atomic mass is 9.65. The van der Waals surface area contributed by atoms with Gasteiger partial charge in [-0.05, 0) is 83.6 Å². The molecule has 238 valence electrons. The molecule has 6 aromatic carbocycles. The maximum Gasteiger partial charge on any atom is 0.0715 e. The second-order valence-corrected chi connectivity index (χ2v) is 13.1. The van der Waals surface area contributed by atoms with Gasteiger partial charge in [0.2, 0.25) is 0 Å². The van der Waals surface area contributed by atoms with Gasteiger partial charge in [-0.15, -0.1) is 0 Å². The molecule has 0 bridgehead atoms. The molecule has 0 aliphatic heterocycles. The number of pyridine rings is 1. The van der Waals surface area contributed by atoms with Gasteiger partial charge in [-0.25, -0.2) is 4.98 Å². The molecule has 7 aromatic rings. The van der Waals surface area contributed by atoms with Crippen molar-refractivity contribution in [3.63, 3.8) is 0 Å². The number of aromatic nitrogens is 1. The molecule has 1 fully saturated rings. The Morgan fingerprint density at radius 3 is 1.24 bits per heavy atom. The third-order valence-electron chi connectivity index (χ3n) is 10.1. The van der Waals surface area contributed by atoms with E-state index in [-0.39, 0.29) is 5.41 Å². The molecule has 1 aliphatic carbocycles. The lowest BCUT2D eigenvalue weighted by molar-refractivity contribution is 0.346. The Hall–Kier alpha value is -5.73. The lowest BCUT2D eigenvalue weighted by Gasteiger charge is -2.39. The minimum absolute atomic E-state index is 0.00226. The molecule has 0 saturated heterocycles. The molecule has 0 radical (unpaired) electrons. The topological polar surface area (TPSA) is 16.1 Å². The van der Waals surface area contributed by atoms with Crippen LogP contribution in [0.1, 0.15) is 43.2 Å². The SMILES string of the molecule is c1ccc(-c2cc(-c3ccc(C4(c5ccc(N(c6ccccc6)c6ccccc6)cc5)CCCCC4)cc3)cc(-c3ccccc3)n2)cc1. The quantitative estimate of drug-likeness (QED) is 0.166. The highest BCUT2D eigenvalue weighted by Gasteiger charge is 2.35. The molecule has 1 aliphatic rings. The Kier molecular flexibility index (Phi) is 8.61. The molecule has 1 aromatic heterocycles. The molecule has 2 nitrogen and oxygen atoms in total. The predicted molar refractivity (Wildman–Crippen MR) is 206 cm³/mol. The van der Waals surface area contributed by atoms with Gasteiger partial charge in [-0.2, -0.15) is 0 Å². The zero-order valence-corrected chi connectivity index (χ0v) is 27.8. The molecule has 0 atom stereocenters. The molecule has 0 N–H and O–H groups in total. The number of nitrogens with zero attached hydrogens (tertiary/aromatic N) is 2. The Balaban J connectivity index is 1.15. The fourth-order valence-corrected chi connectivity index (χ4v) is 7.62. The van der Waals surface area contributed by atoms with Crippen LogP contribution in [0.2, 0.25) is 0 Å². The second kappa shape index (κ2) is 13.8. The van der Waals surface area contributed by atoms with Crippen molar-refractivity contribution in [2.24, 2.45) is 0 Å². The zero-order valence-electron chi connectivity index (χ0n) is 27.8. The van der Waals surface area contributed by atoms with Crippen LogP contribution in [-0.2, 0) is 5.41 Å². The average Bonchev–Trinajstić information content (AvgIpc) is 3.20. The summed E-state index contributed by atoms with van der Waals surface area (Å²) in [6, 6.07) is 65.6. The van der Waals surface area contributed by atoms with E-state index in [1.54, 1.807) is 0 Å². The largest absolute Gasteiger partial charge is 0.311 e. The molecule has 0 unspecified atom stereocenters. The summed E-state index contributed by atoms with van der Waals surface area (Å²) < 4.78 is 0. The monoisotopic (exact) mass is 632 g/mol. The van der Waals surface area contributed by atoms with Crippen molar-refractivity contribution in [2.45, 2.75) is 37.5 Å². The third-order valence-corrected chi connectivity index (χ3v) is 10.1. The number of para-hydroxylation sites is 2. The van der Waals surface area contributed by atoms with Crippen LogP contribution in [0.15, 0.2) is 182 Å². The number of anilines is 3. The van der Waals surface area contributed by atoms with E-state index in [1.165, 1.54) is 60.0 Å². The van der Waals surface area contributed by atoms with Crippen molar-refractivity contribution >= 4 is 17.1 Å². The molecule has 0 spiro atoms. The zero-order chi connectivity index (χ0) is 32.9. The van der Waals surface area contributed by atoms with Crippen LogP contribution in [0.5, 0.6) is 0 Å². The van der Waals surface area contributed by atoms with Crippen LogP contribution >= 0.6 is 0 Å². The van der Waals surface area contributed by atoms with Gasteiger partial charge in [-0.3, -0.25) is 0 Å². The van der Waals surface area contributed by atoms with Gasteiger partial charge in [0.25, 0.3) is 0 Å². The summed E-state index contributed by atoms with van der Waals surface area (Å²) in [5.74, 6) is 0. The summed E-state index contributed by atoms with van der Waals surface area (Å²) in [5.41, 5.74) is 12.9. The van der Waals surface area contributed by atoms with Crippen LogP contribution in [0.25, 0.3) is 33.6 Å². The van der Waals surface area contributed by atoms with E-state index in [0.717, 1.165) is 33.9 Å². The van der Waals surface area contributed by atoms with Crippen molar-refractivity contribution < 1.29 is 0 Å². The fourth-order valence-electron chi connectivity index (χ4n) is 7.62. The van der Waals surface area contributed by atoms with Crippen LogP contribution in [0.3, 0.4) is 0 Å². The van der Waals surface area contributed by atoms with Gasteiger partial charge in [-0.1, -0.05) is 153 Å². The standard InChI is InChI=1S/C47H40N2/c1-6-16-37(17-7-1)45-34-39(35-46(48-45)38-18-8-2-9-19-38)36-24-26-40(27-25-36)47(32-14-5-15-33-47)41-28-30-44(31-29-41)49(42-20-10-3-11-21-42)43-22-12-4-13-23-43/h1-4,6-13,16-31,34-35H,5,14-15,32-33H2. The molecule has 0 amide bonds. The van der Waals surface area contributed by atoms with Gasteiger partial charge in [0.15, 0.2) is 0 Å². The summed E-state index contributed by atoms with van der Waals surface area (Å²) in [7, 11) is 0. The third kappa shape index (κ3) is 6.30. The number of rotatable bonds is 8. The van der Waals surface area contributed by atoms with Gasteiger partial charge < -0.3 is 4.90 Å². The highest BCUT2D eigenvalue weighted by atomic mass is 15.1. The number of benzene rings is 6. The maximum atomic E-state index is 5.10. The highest BCUT2D eigenvalue weighted by molar-refractivity contribution is 5.78. The van der Waals surface area contributed by atoms with E-state index in [4.69, 9.17) is 4.98 Å². The highest BCUT2D eigenvalue weighted by Crippen LogP contribution is 2.46. The average molecular weight is 633 g/mol. The van der Waals surface area contributed by atoms with E-state index in [2.05, 4.69) is 187 Å². The molecule has 2 heteroatoms. The van der Waals surface area contributed by atoms with Crippen molar-refractivity contribution in [1.82, 2.24) is 4.98 Å². The Morgan fingerprint density at radius 2 is 0.776 bits per heavy atom. The minimum Gasteiger partial charge on any atom is -0.311 e. The van der Waals surface area contributed by atoms with Gasteiger partial charge in [0.1, 0.15) is 0 Å². The summed E-state index contributed by atoms with van der Waals surface area (Å²) in [6.45, 7) is 0. The smallest absolute Gasteiger partial charge is 0.0715 e. The van der Waals surface area contributed by atoms with Crippen molar-refractivity contribution in [3.8, 4) is 33.6 Å². The summed E-state index contributed by atoms with van der Waals surface area (Å²) in [5, 5.41) is 0. The summed E-state index contributed by atoms with van der Waals surface area (Å²) in [6.07, 6.45) is 6.12. The van der Waals surface area contributed by atoms with Crippen molar-refractivity contribution in [2.75, 3.05) is 4.90 Å². The minimum atomic E-state index is 0.00226. The normalized spacial score (nSPS) is 13.9. The molecular formula is C47H40N2. The molecule has 49 heavy (non-hydrogen) atoms. The Morgan fingerprint density at radius 1 is 0.367 bits per heavy atom. The van der Waals surface area contributed by atoms with Gasteiger partial charge >= 0.3 is 0 Å². The van der Waals surface area contributed by atoms with E-state index < -0.39 is 0 Å². The van der Waals surface area contributed by atoms with Crippen molar-refractivity contribution in [3.05, 3.63) is 193 Å². The Labute approximate surface area is 290 Å². The first-order chi connectivity index (χ1) is 24.3. The Bertz CT molecular complexity index is 2000. The summed E-state index contributed by atoms with van der Waals surface area (Å²) in [4.78, 5) is 7.44. The van der Waals surface area contributed by atoms with E-state index >= 15 is 0 Å². The molecule has 1 heterocycles. The van der Waals surface area contributed by atoms with E-state index in [9.17, 15) is 0 Å². The first-order valence-corrected chi connectivity index (χ1v) is 17.5. The van der Waals surface area contributed by atoms with Gasteiger partial charge in [0, 0.05) is 33.6 Å². The first-order valence-electron chi connectivity index (χ1n) is 17.5. The molecule has 1 saturated carbocycles. The maximum absolute atomic E-state index is 5.10. The predicted octanol–water partition coefficient (Wildman–Crippen LogP) is 12.8. The fraction of sp³-hybridized carbons (Fsp3) is 0.128. The second-order valence-electron chi connectivity index (χ2n) is 13.1. The van der Waals surface area contributed by atoms with Crippen LogP contribution in [0, 0.1) is 0 Å².